The number of aromatic nitrogens is 2. The van der Waals surface area contributed by atoms with Gasteiger partial charge in [0.05, 0.1) is 6.10 Å². The van der Waals surface area contributed by atoms with Gasteiger partial charge in [-0.15, -0.1) is 0 Å². The average Bonchev–Trinajstić information content (AvgIpc) is 2.30. The fraction of sp³-hybridized carbons (Fsp3) is 0.667. The molecule has 0 saturated heterocycles. The number of nitrogens with one attached hydrogen (secondary N) is 2. The molecule has 0 aromatic carbocycles. The molecule has 2 N–H and O–H groups in total. The first-order valence-corrected chi connectivity index (χ1v) is 6.21. The Balaban J connectivity index is 2.14. The van der Waals surface area contributed by atoms with Crippen LogP contribution in [0.4, 0.5) is 0 Å². The van der Waals surface area contributed by atoms with Crippen molar-refractivity contribution in [2.24, 2.45) is 0 Å². The maximum absolute atomic E-state index is 11.3. The molecule has 0 fully saturated rings. The maximum Gasteiger partial charge on any atom is 0.328 e. The molecule has 0 radical (unpaired) electrons. The van der Waals surface area contributed by atoms with E-state index in [1.54, 1.807) is 0 Å². The van der Waals surface area contributed by atoms with Gasteiger partial charge in [-0.1, -0.05) is 0 Å². The van der Waals surface area contributed by atoms with E-state index in [1.807, 2.05) is 13.8 Å². The zero-order chi connectivity index (χ0) is 13.4. The molecule has 0 unspecified atom stereocenters. The van der Waals surface area contributed by atoms with Crippen LogP contribution in [-0.4, -0.2) is 35.4 Å². The second-order valence-corrected chi connectivity index (χ2v) is 4.33. The van der Waals surface area contributed by atoms with Gasteiger partial charge in [-0.05, 0) is 26.8 Å². The van der Waals surface area contributed by atoms with Crippen LogP contribution in [0.3, 0.4) is 0 Å². The van der Waals surface area contributed by atoms with Gasteiger partial charge in [-0.2, -0.15) is 0 Å². The van der Waals surface area contributed by atoms with Crippen molar-refractivity contribution in [2.75, 3.05) is 19.7 Å². The number of H-pyrrole nitrogens is 1. The van der Waals surface area contributed by atoms with Crippen molar-refractivity contribution < 1.29 is 4.74 Å². The molecule has 1 aromatic heterocycles. The lowest BCUT2D eigenvalue weighted by atomic mass is 10.4. The highest BCUT2D eigenvalue weighted by Crippen LogP contribution is 1.88. The minimum absolute atomic E-state index is 0.268. The highest BCUT2D eigenvalue weighted by molar-refractivity contribution is 4.82. The highest BCUT2D eigenvalue weighted by atomic mass is 16.5. The average molecular weight is 255 g/mol. The van der Waals surface area contributed by atoms with E-state index in [0.717, 1.165) is 19.6 Å². The standard InChI is InChI=1S/C12H21N3O3/c1-10(2)18-9-3-5-13-6-8-15-7-4-11(16)14-12(15)17/h4,7,10,13H,3,5-6,8-9H2,1-2H3,(H,14,16,17). The largest absolute Gasteiger partial charge is 0.379 e. The van der Waals surface area contributed by atoms with Crippen molar-refractivity contribution in [2.45, 2.75) is 32.9 Å². The van der Waals surface area contributed by atoms with Crippen LogP contribution in [0.5, 0.6) is 0 Å². The normalized spacial score (nSPS) is 11.1. The summed E-state index contributed by atoms with van der Waals surface area (Å²) in [5.41, 5.74) is -0.734. The van der Waals surface area contributed by atoms with E-state index in [9.17, 15) is 9.59 Å². The summed E-state index contributed by atoms with van der Waals surface area (Å²) in [5.74, 6) is 0. The molecule has 102 valence electrons. The highest BCUT2D eigenvalue weighted by Gasteiger charge is 1.96. The lowest BCUT2D eigenvalue weighted by molar-refractivity contribution is 0.0771. The van der Waals surface area contributed by atoms with E-state index >= 15 is 0 Å². The first-order valence-electron chi connectivity index (χ1n) is 6.21. The Morgan fingerprint density at radius 2 is 2.17 bits per heavy atom. The zero-order valence-electron chi connectivity index (χ0n) is 10.9. The minimum Gasteiger partial charge on any atom is -0.379 e. The van der Waals surface area contributed by atoms with E-state index in [2.05, 4.69) is 10.3 Å². The summed E-state index contributed by atoms with van der Waals surface area (Å²) in [6.45, 7) is 6.84. The third-order valence-electron chi connectivity index (χ3n) is 2.38. The SMILES string of the molecule is CC(C)OCCCNCCn1ccc(=O)[nH]c1=O. The summed E-state index contributed by atoms with van der Waals surface area (Å²) in [7, 11) is 0. The smallest absolute Gasteiger partial charge is 0.328 e. The molecule has 0 bridgehead atoms. The third-order valence-corrected chi connectivity index (χ3v) is 2.38. The second-order valence-electron chi connectivity index (χ2n) is 4.33. The molecule has 18 heavy (non-hydrogen) atoms. The molecule has 0 amide bonds. The van der Waals surface area contributed by atoms with Gasteiger partial charge >= 0.3 is 5.69 Å². The predicted molar refractivity (Wildman–Crippen MR) is 69.9 cm³/mol. The summed E-state index contributed by atoms with van der Waals surface area (Å²) in [6.07, 6.45) is 2.72. The van der Waals surface area contributed by atoms with Crippen LogP contribution >= 0.6 is 0 Å². The molecule has 6 heteroatoms. The molecule has 1 aromatic rings. The Bertz CT molecular complexity index is 450. The van der Waals surface area contributed by atoms with Crippen molar-refractivity contribution in [3.05, 3.63) is 33.1 Å². The quantitative estimate of drug-likeness (QED) is 0.638. The topological polar surface area (TPSA) is 76.1 Å². The summed E-state index contributed by atoms with van der Waals surface area (Å²) in [6, 6.07) is 1.35. The summed E-state index contributed by atoms with van der Waals surface area (Å²) in [4.78, 5) is 24.4. The van der Waals surface area contributed by atoms with Crippen molar-refractivity contribution in [1.82, 2.24) is 14.9 Å². The van der Waals surface area contributed by atoms with Gasteiger partial charge in [0.2, 0.25) is 0 Å². The van der Waals surface area contributed by atoms with Crippen molar-refractivity contribution in [3.63, 3.8) is 0 Å². The number of ether oxygens (including phenoxy) is 1. The fourth-order valence-corrected chi connectivity index (χ4v) is 1.46. The van der Waals surface area contributed by atoms with Crippen LogP contribution in [0.15, 0.2) is 21.9 Å². The molecule has 0 aliphatic heterocycles. The Kier molecular flexibility index (Phi) is 6.38. The van der Waals surface area contributed by atoms with E-state index in [4.69, 9.17) is 4.74 Å². The van der Waals surface area contributed by atoms with Gasteiger partial charge in [0.1, 0.15) is 0 Å². The van der Waals surface area contributed by atoms with Crippen LogP contribution < -0.4 is 16.6 Å². The molecule has 0 aliphatic rings. The molecule has 0 spiro atoms. The summed E-state index contributed by atoms with van der Waals surface area (Å²) >= 11 is 0. The first-order chi connectivity index (χ1) is 8.59. The van der Waals surface area contributed by atoms with Crippen molar-refractivity contribution in [1.29, 1.82) is 0 Å². The Labute approximate surface area is 106 Å². The number of rotatable bonds is 8. The monoisotopic (exact) mass is 255 g/mol. The van der Waals surface area contributed by atoms with Gasteiger partial charge in [0.15, 0.2) is 0 Å². The molecule has 1 rings (SSSR count). The molecular weight excluding hydrogens is 234 g/mol. The van der Waals surface area contributed by atoms with Gasteiger partial charge < -0.3 is 10.1 Å². The molecule has 0 saturated carbocycles. The fourth-order valence-electron chi connectivity index (χ4n) is 1.46. The molecule has 0 aliphatic carbocycles. The zero-order valence-corrected chi connectivity index (χ0v) is 10.9. The van der Waals surface area contributed by atoms with Gasteiger partial charge in [-0.25, -0.2) is 4.79 Å². The van der Waals surface area contributed by atoms with Gasteiger partial charge in [-0.3, -0.25) is 14.3 Å². The lowest BCUT2D eigenvalue weighted by Crippen LogP contribution is -2.32. The number of nitrogens with zero attached hydrogens (tertiary/aromatic N) is 1. The van der Waals surface area contributed by atoms with E-state index in [1.165, 1.54) is 16.8 Å². The Hall–Kier alpha value is -1.40. The van der Waals surface area contributed by atoms with Crippen molar-refractivity contribution >= 4 is 0 Å². The summed E-state index contributed by atoms with van der Waals surface area (Å²) in [5, 5.41) is 3.22. The van der Waals surface area contributed by atoms with Crippen LogP contribution in [0, 0.1) is 0 Å². The number of hydrogen-bond acceptors (Lipinski definition) is 4. The van der Waals surface area contributed by atoms with Gasteiger partial charge in [0.25, 0.3) is 5.56 Å². The van der Waals surface area contributed by atoms with Crippen molar-refractivity contribution in [3.8, 4) is 0 Å². The third kappa shape index (κ3) is 5.79. The van der Waals surface area contributed by atoms with Crippen LogP contribution in [-0.2, 0) is 11.3 Å². The second kappa shape index (κ2) is 7.84. The van der Waals surface area contributed by atoms with Crippen LogP contribution in [0.1, 0.15) is 20.3 Å². The maximum atomic E-state index is 11.3. The minimum atomic E-state index is -0.368. The molecule has 1 heterocycles. The Morgan fingerprint density at radius 3 is 2.83 bits per heavy atom. The Morgan fingerprint density at radius 1 is 1.39 bits per heavy atom. The van der Waals surface area contributed by atoms with E-state index in [-0.39, 0.29) is 17.4 Å². The van der Waals surface area contributed by atoms with Crippen LogP contribution in [0.25, 0.3) is 0 Å². The lowest BCUT2D eigenvalue weighted by Gasteiger charge is -2.08. The number of hydrogen-bond donors (Lipinski definition) is 2. The molecule has 0 atom stereocenters. The first kappa shape index (κ1) is 14.7. The predicted octanol–water partition coefficient (Wildman–Crippen LogP) is -0.0587. The molecular formula is C12H21N3O3. The van der Waals surface area contributed by atoms with Gasteiger partial charge in [0, 0.05) is 32.0 Å². The summed E-state index contributed by atoms with van der Waals surface area (Å²) < 4.78 is 6.88. The van der Waals surface area contributed by atoms with E-state index in [0.29, 0.717) is 13.1 Å². The molecule has 6 nitrogen and oxygen atoms in total. The number of aromatic amines is 1. The van der Waals surface area contributed by atoms with Crippen LogP contribution in [0.2, 0.25) is 0 Å². The van der Waals surface area contributed by atoms with E-state index < -0.39 is 0 Å².